The molecule has 1 spiro atoms. The number of anilines is 2. The van der Waals surface area contributed by atoms with E-state index in [9.17, 15) is 24.6 Å². The number of amides is 3. The van der Waals surface area contributed by atoms with E-state index in [4.69, 9.17) is 4.74 Å². The van der Waals surface area contributed by atoms with Gasteiger partial charge in [-0.05, 0) is 73.5 Å². The molecule has 9 nitrogen and oxygen atoms in total. The Bertz CT molecular complexity index is 1750. The maximum Gasteiger partial charge on any atom is 0.264 e. The van der Waals surface area contributed by atoms with E-state index in [-0.39, 0.29) is 31.4 Å². The summed E-state index contributed by atoms with van der Waals surface area (Å²) in [5.74, 6) is -1.70. The molecule has 1 fully saturated rings. The fraction of sp³-hybridized carbons (Fsp3) is 0.417. The molecular formula is C36H41BrFN3O6Si. The van der Waals surface area contributed by atoms with Gasteiger partial charge in [-0.25, -0.2) is 0 Å². The van der Waals surface area contributed by atoms with Gasteiger partial charge in [-0.1, -0.05) is 59.3 Å². The van der Waals surface area contributed by atoms with Crippen molar-refractivity contribution in [2.75, 3.05) is 16.8 Å². The molecule has 254 valence electrons. The lowest BCUT2D eigenvalue weighted by Crippen LogP contribution is -2.48. The maximum atomic E-state index is 16.4. The van der Waals surface area contributed by atoms with Crippen LogP contribution in [0.5, 0.6) is 0 Å². The van der Waals surface area contributed by atoms with Crippen LogP contribution in [0.2, 0.25) is 18.6 Å². The van der Waals surface area contributed by atoms with Crippen LogP contribution >= 0.6 is 15.9 Å². The molecule has 3 aromatic carbocycles. The van der Waals surface area contributed by atoms with Crippen molar-refractivity contribution in [2.45, 2.75) is 82.3 Å². The predicted molar refractivity (Wildman–Crippen MR) is 186 cm³/mol. The molecule has 0 unspecified atom stereocenters. The van der Waals surface area contributed by atoms with Crippen molar-refractivity contribution in [1.29, 1.82) is 0 Å². The van der Waals surface area contributed by atoms with E-state index in [1.165, 1.54) is 6.92 Å². The third-order valence-electron chi connectivity index (χ3n) is 10.1. The number of hydrogen-bond acceptors (Lipinski definition) is 6. The summed E-state index contributed by atoms with van der Waals surface area (Å²) in [4.78, 5) is 44.2. The van der Waals surface area contributed by atoms with Gasteiger partial charge in [-0.3, -0.25) is 14.4 Å². The largest absolute Gasteiger partial charge is 0.394 e. The monoisotopic (exact) mass is 737 g/mol. The second-order valence-electron chi connectivity index (χ2n) is 13.7. The standard InChI is InChI=1S/C36H41BrFN3O6Si/c1-21-33(48(3,4)38)31(17-32(44)40-19-25-10-6-5-9-24(25)15-28(40)20-42)47-36(21)29-16-26(37)12-13-30(29)41(35(36)46)18-23-8-7-11-27(14-23)39-34(45)22(2)43/h5-14,16,21-22,28,31,33,42-43H,15,17-20H2,1-4H3,(H,39,45)/t21-,22-,28-,31+,33-,36+/m0/s1. The summed E-state index contributed by atoms with van der Waals surface area (Å²) < 4.78 is 24.0. The fourth-order valence-electron chi connectivity index (χ4n) is 7.89. The molecule has 3 heterocycles. The Morgan fingerprint density at radius 3 is 2.54 bits per heavy atom. The van der Waals surface area contributed by atoms with Crippen molar-refractivity contribution in [3.63, 3.8) is 0 Å². The first-order valence-electron chi connectivity index (χ1n) is 16.3. The second kappa shape index (κ2) is 13.1. The average molecular weight is 739 g/mol. The van der Waals surface area contributed by atoms with Crippen molar-refractivity contribution < 1.29 is 33.4 Å². The Balaban J connectivity index is 1.33. The highest BCUT2D eigenvalue weighted by atomic mass is 79.9. The summed E-state index contributed by atoms with van der Waals surface area (Å²) in [6.45, 7) is 6.74. The zero-order valence-electron chi connectivity index (χ0n) is 27.5. The number of aliphatic hydroxyl groups is 2. The lowest BCUT2D eigenvalue weighted by atomic mass is 9.82. The Labute approximate surface area is 289 Å². The van der Waals surface area contributed by atoms with Crippen LogP contribution in [0.15, 0.2) is 71.2 Å². The van der Waals surface area contributed by atoms with Gasteiger partial charge >= 0.3 is 0 Å². The van der Waals surface area contributed by atoms with Gasteiger partial charge in [0.1, 0.15) is 6.10 Å². The molecule has 6 rings (SSSR count). The summed E-state index contributed by atoms with van der Waals surface area (Å²) in [7, 11) is -3.52. The second-order valence-corrected chi connectivity index (χ2v) is 18.4. The number of aliphatic hydroxyl groups excluding tert-OH is 2. The lowest BCUT2D eigenvalue weighted by molar-refractivity contribution is -0.151. The molecule has 0 bridgehead atoms. The molecule has 3 aliphatic heterocycles. The van der Waals surface area contributed by atoms with E-state index in [2.05, 4.69) is 21.2 Å². The molecule has 48 heavy (non-hydrogen) atoms. The highest BCUT2D eigenvalue weighted by molar-refractivity contribution is 9.10. The molecule has 12 heteroatoms. The van der Waals surface area contributed by atoms with Crippen LogP contribution in [0.1, 0.15) is 42.5 Å². The third kappa shape index (κ3) is 6.13. The van der Waals surface area contributed by atoms with Crippen LogP contribution in [-0.2, 0) is 44.2 Å². The van der Waals surface area contributed by atoms with Gasteiger partial charge in [0.05, 0.1) is 37.4 Å². The van der Waals surface area contributed by atoms with E-state index < -0.39 is 49.6 Å². The summed E-state index contributed by atoms with van der Waals surface area (Å²) >= 11 is 3.56. The number of fused-ring (bicyclic) bond motifs is 3. The fourth-order valence-corrected chi connectivity index (χ4v) is 10.7. The van der Waals surface area contributed by atoms with Crippen LogP contribution in [0, 0.1) is 5.92 Å². The molecular weight excluding hydrogens is 697 g/mol. The van der Waals surface area contributed by atoms with E-state index in [1.54, 1.807) is 41.1 Å². The quantitative estimate of drug-likeness (QED) is 0.210. The van der Waals surface area contributed by atoms with Crippen LogP contribution < -0.4 is 10.2 Å². The molecule has 3 aliphatic rings. The van der Waals surface area contributed by atoms with Gasteiger partial charge in [0.15, 0.2) is 5.60 Å². The number of benzene rings is 3. The molecule has 0 aliphatic carbocycles. The van der Waals surface area contributed by atoms with Gasteiger partial charge in [0.2, 0.25) is 14.3 Å². The van der Waals surface area contributed by atoms with Gasteiger partial charge in [0, 0.05) is 33.7 Å². The number of ether oxygens (including phenoxy) is 1. The summed E-state index contributed by atoms with van der Waals surface area (Å²) in [6, 6.07) is 20.0. The first-order valence-corrected chi connectivity index (χ1v) is 20.0. The van der Waals surface area contributed by atoms with Crippen molar-refractivity contribution in [2.24, 2.45) is 5.92 Å². The maximum absolute atomic E-state index is 16.4. The SMILES string of the molecule is C[C@H](O)C(=O)Nc1cccc(CN2C(=O)[C@]3(O[C@H](CC(=O)N4Cc5ccccc5C[C@H]4CO)[C@@H]([Si](C)(C)F)[C@@H]3C)c3cc(Br)ccc32)c1. The molecule has 0 aromatic heterocycles. The van der Waals surface area contributed by atoms with Gasteiger partial charge < -0.3 is 34.2 Å². The number of nitrogens with one attached hydrogen (secondary N) is 1. The van der Waals surface area contributed by atoms with Crippen LogP contribution in [0.3, 0.4) is 0 Å². The van der Waals surface area contributed by atoms with E-state index in [1.807, 2.05) is 55.5 Å². The molecule has 3 amide bonds. The van der Waals surface area contributed by atoms with E-state index >= 15 is 4.11 Å². The number of nitrogens with zero attached hydrogens (tertiary/aromatic N) is 2. The molecule has 1 saturated heterocycles. The Kier molecular flexibility index (Phi) is 9.42. The molecule has 0 saturated carbocycles. The summed E-state index contributed by atoms with van der Waals surface area (Å²) in [5, 5.41) is 22.5. The molecule has 0 radical (unpaired) electrons. The smallest absolute Gasteiger partial charge is 0.264 e. The van der Waals surface area contributed by atoms with Crippen molar-refractivity contribution in [3.8, 4) is 0 Å². The zero-order valence-corrected chi connectivity index (χ0v) is 30.0. The minimum Gasteiger partial charge on any atom is -0.394 e. The number of carbonyl (C=O) groups excluding carboxylic acids is 3. The highest BCUT2D eigenvalue weighted by Gasteiger charge is 2.67. The number of halogens is 2. The van der Waals surface area contributed by atoms with Gasteiger partial charge in [-0.15, -0.1) is 0 Å². The average Bonchev–Trinajstić information content (AvgIpc) is 3.46. The third-order valence-corrected chi connectivity index (χ3v) is 13.1. The van der Waals surface area contributed by atoms with Crippen LogP contribution in [0.25, 0.3) is 0 Å². The van der Waals surface area contributed by atoms with Crippen LogP contribution in [0.4, 0.5) is 15.5 Å². The number of rotatable bonds is 8. The molecule has 3 aromatic rings. The van der Waals surface area contributed by atoms with Crippen molar-refractivity contribution >= 4 is 53.4 Å². The molecule has 3 N–H and O–H groups in total. The van der Waals surface area contributed by atoms with Crippen molar-refractivity contribution in [3.05, 3.63) is 93.5 Å². The zero-order chi connectivity index (χ0) is 34.5. The summed E-state index contributed by atoms with van der Waals surface area (Å²) in [5.41, 5.74) is 2.37. The van der Waals surface area contributed by atoms with Gasteiger partial charge in [-0.2, -0.15) is 0 Å². The first-order chi connectivity index (χ1) is 22.7. The first kappa shape index (κ1) is 34.4. The minimum absolute atomic E-state index is 0.114. The summed E-state index contributed by atoms with van der Waals surface area (Å²) in [6.07, 6.45) is -1.63. The van der Waals surface area contributed by atoms with E-state index in [0.29, 0.717) is 29.9 Å². The Morgan fingerprint density at radius 2 is 1.85 bits per heavy atom. The molecule has 6 atom stereocenters. The lowest BCUT2D eigenvalue weighted by Gasteiger charge is -2.37. The topological polar surface area (TPSA) is 119 Å². The minimum atomic E-state index is -3.52. The number of carbonyl (C=O) groups is 3. The van der Waals surface area contributed by atoms with E-state index in [0.717, 1.165) is 21.2 Å². The Morgan fingerprint density at radius 1 is 1.12 bits per heavy atom. The highest BCUT2D eigenvalue weighted by Crippen LogP contribution is 2.60. The number of hydrogen-bond donors (Lipinski definition) is 3. The normalized spacial score (nSPS) is 25.6. The van der Waals surface area contributed by atoms with Crippen LogP contribution in [-0.4, -0.2) is 66.1 Å². The van der Waals surface area contributed by atoms with Gasteiger partial charge in [0.25, 0.3) is 11.8 Å². The van der Waals surface area contributed by atoms with Crippen molar-refractivity contribution in [1.82, 2.24) is 4.90 Å². The Hall–Kier alpha value is -3.42. The predicted octanol–water partition coefficient (Wildman–Crippen LogP) is 5.43.